The average molecular weight is 255 g/mol. The summed E-state index contributed by atoms with van der Waals surface area (Å²) in [7, 11) is -2.92. The standard InChI is InChI=1S/C10H13N3O3S/c1-2-4-11-6-9-12-10(13-16-9)8-3-5-17(14,15)7-8/h1,8,11H,3-7H2. The maximum Gasteiger partial charge on any atom is 0.240 e. The van der Waals surface area contributed by atoms with Gasteiger partial charge in [-0.05, 0) is 6.42 Å². The molecule has 1 fully saturated rings. The van der Waals surface area contributed by atoms with E-state index in [1.807, 2.05) is 0 Å². The van der Waals surface area contributed by atoms with Crippen molar-refractivity contribution in [3.05, 3.63) is 11.7 Å². The van der Waals surface area contributed by atoms with Crippen molar-refractivity contribution in [2.75, 3.05) is 18.1 Å². The first-order chi connectivity index (χ1) is 8.11. The molecule has 1 N–H and O–H groups in total. The van der Waals surface area contributed by atoms with Gasteiger partial charge < -0.3 is 4.52 Å². The number of aromatic nitrogens is 2. The molecule has 2 rings (SSSR count). The third-order valence-electron chi connectivity index (χ3n) is 2.58. The summed E-state index contributed by atoms with van der Waals surface area (Å²) in [6, 6.07) is 0. The lowest BCUT2D eigenvalue weighted by molar-refractivity contribution is 0.363. The minimum atomic E-state index is -2.92. The molecule has 0 aromatic carbocycles. The Morgan fingerprint density at radius 3 is 3.06 bits per heavy atom. The summed E-state index contributed by atoms with van der Waals surface area (Å²) in [5.74, 6) is 3.52. The molecule has 0 amide bonds. The first-order valence-electron chi connectivity index (χ1n) is 5.28. The molecule has 0 spiro atoms. The van der Waals surface area contributed by atoms with Crippen LogP contribution in [0.15, 0.2) is 4.52 Å². The Labute approximate surface area is 99.7 Å². The highest BCUT2D eigenvalue weighted by molar-refractivity contribution is 7.91. The Morgan fingerprint density at radius 1 is 1.59 bits per heavy atom. The molecule has 0 radical (unpaired) electrons. The quantitative estimate of drug-likeness (QED) is 0.587. The summed E-state index contributed by atoms with van der Waals surface area (Å²) in [4.78, 5) is 4.16. The fourth-order valence-electron chi connectivity index (χ4n) is 1.75. The van der Waals surface area contributed by atoms with Crippen molar-refractivity contribution in [1.29, 1.82) is 0 Å². The van der Waals surface area contributed by atoms with Gasteiger partial charge in [-0.25, -0.2) is 8.42 Å². The predicted octanol–water partition coefficient (Wildman–Crippen LogP) is -0.306. The first-order valence-corrected chi connectivity index (χ1v) is 7.10. The minimum absolute atomic E-state index is 0.115. The van der Waals surface area contributed by atoms with Gasteiger partial charge in [0.25, 0.3) is 0 Å². The Balaban J connectivity index is 1.97. The molecule has 6 nitrogen and oxygen atoms in total. The Bertz CT molecular complexity index is 529. The number of sulfone groups is 1. The molecule has 1 atom stereocenters. The summed E-state index contributed by atoms with van der Waals surface area (Å²) in [5, 5.41) is 6.72. The van der Waals surface area contributed by atoms with Crippen molar-refractivity contribution in [2.24, 2.45) is 0 Å². The summed E-state index contributed by atoms with van der Waals surface area (Å²) in [6.07, 6.45) is 5.65. The van der Waals surface area contributed by atoms with E-state index in [2.05, 4.69) is 21.4 Å². The van der Waals surface area contributed by atoms with E-state index in [1.54, 1.807) is 0 Å². The van der Waals surface area contributed by atoms with Crippen LogP contribution in [-0.4, -0.2) is 36.6 Å². The first kappa shape index (κ1) is 12.1. The van der Waals surface area contributed by atoms with E-state index in [4.69, 9.17) is 10.9 Å². The van der Waals surface area contributed by atoms with Crippen LogP contribution in [0.1, 0.15) is 24.1 Å². The second-order valence-electron chi connectivity index (χ2n) is 3.95. The highest BCUT2D eigenvalue weighted by Crippen LogP contribution is 2.26. The number of hydrogen-bond donors (Lipinski definition) is 1. The van der Waals surface area contributed by atoms with Gasteiger partial charge in [-0.3, -0.25) is 5.32 Å². The monoisotopic (exact) mass is 255 g/mol. The number of rotatable bonds is 4. The SMILES string of the molecule is C#CCNCc1nc(C2CCS(=O)(=O)C2)no1. The van der Waals surface area contributed by atoms with E-state index < -0.39 is 9.84 Å². The number of terminal acetylenes is 1. The van der Waals surface area contributed by atoms with Crippen LogP contribution in [0.5, 0.6) is 0 Å². The molecule has 1 unspecified atom stereocenters. The molecule has 0 saturated carbocycles. The molecule has 7 heteroatoms. The summed E-state index contributed by atoms with van der Waals surface area (Å²) >= 11 is 0. The van der Waals surface area contributed by atoms with Crippen molar-refractivity contribution in [2.45, 2.75) is 18.9 Å². The van der Waals surface area contributed by atoms with Gasteiger partial charge in [-0.1, -0.05) is 11.1 Å². The van der Waals surface area contributed by atoms with Crippen LogP contribution in [0.4, 0.5) is 0 Å². The van der Waals surface area contributed by atoms with E-state index in [0.29, 0.717) is 31.2 Å². The van der Waals surface area contributed by atoms with Crippen molar-refractivity contribution in [3.63, 3.8) is 0 Å². The van der Waals surface area contributed by atoms with Crippen LogP contribution in [0.25, 0.3) is 0 Å². The fraction of sp³-hybridized carbons (Fsp3) is 0.600. The van der Waals surface area contributed by atoms with Crippen molar-refractivity contribution in [1.82, 2.24) is 15.5 Å². The second kappa shape index (κ2) is 4.85. The summed E-state index contributed by atoms with van der Waals surface area (Å²) in [5.41, 5.74) is 0. The lowest BCUT2D eigenvalue weighted by Gasteiger charge is -1.98. The Hall–Kier alpha value is -1.39. The molecular weight excluding hydrogens is 242 g/mol. The van der Waals surface area contributed by atoms with Gasteiger partial charge in [0.05, 0.1) is 24.6 Å². The molecule has 1 aliphatic heterocycles. The van der Waals surface area contributed by atoms with Gasteiger partial charge >= 0.3 is 0 Å². The van der Waals surface area contributed by atoms with Crippen molar-refractivity contribution >= 4 is 9.84 Å². The van der Waals surface area contributed by atoms with Crippen LogP contribution in [-0.2, 0) is 16.4 Å². The maximum absolute atomic E-state index is 11.3. The van der Waals surface area contributed by atoms with Gasteiger partial charge in [0.15, 0.2) is 15.7 Å². The Morgan fingerprint density at radius 2 is 2.41 bits per heavy atom. The number of hydrogen-bond acceptors (Lipinski definition) is 6. The van der Waals surface area contributed by atoms with Crippen molar-refractivity contribution < 1.29 is 12.9 Å². The zero-order valence-corrected chi connectivity index (χ0v) is 10.0. The third kappa shape index (κ3) is 3.05. The van der Waals surface area contributed by atoms with Gasteiger partial charge in [0.2, 0.25) is 5.89 Å². The average Bonchev–Trinajstić information content (AvgIpc) is 2.85. The lowest BCUT2D eigenvalue weighted by Crippen LogP contribution is -2.13. The van der Waals surface area contributed by atoms with Crippen molar-refractivity contribution in [3.8, 4) is 12.3 Å². The topological polar surface area (TPSA) is 85.1 Å². The van der Waals surface area contributed by atoms with Crippen LogP contribution in [0, 0.1) is 12.3 Å². The molecule has 92 valence electrons. The third-order valence-corrected chi connectivity index (χ3v) is 4.35. The highest BCUT2D eigenvalue weighted by atomic mass is 32.2. The molecule has 0 aliphatic carbocycles. The van der Waals surface area contributed by atoms with Gasteiger partial charge in [0, 0.05) is 5.92 Å². The molecule has 2 heterocycles. The van der Waals surface area contributed by atoms with Gasteiger partial charge in [0.1, 0.15) is 0 Å². The molecule has 1 aromatic heterocycles. The van der Waals surface area contributed by atoms with E-state index in [-0.39, 0.29) is 17.4 Å². The molecule has 1 aliphatic rings. The number of nitrogens with zero attached hydrogens (tertiary/aromatic N) is 2. The molecule has 1 saturated heterocycles. The summed E-state index contributed by atoms with van der Waals surface area (Å²) < 4.78 is 27.6. The van der Waals surface area contributed by atoms with Gasteiger partial charge in [-0.15, -0.1) is 6.42 Å². The molecule has 1 aromatic rings. The zero-order valence-electron chi connectivity index (χ0n) is 9.22. The van der Waals surface area contributed by atoms with E-state index in [9.17, 15) is 8.42 Å². The van der Waals surface area contributed by atoms with Crippen LogP contribution >= 0.6 is 0 Å². The van der Waals surface area contributed by atoms with Crippen LogP contribution < -0.4 is 5.32 Å². The fourth-order valence-corrected chi connectivity index (χ4v) is 3.49. The Kier molecular flexibility index (Phi) is 3.45. The molecule has 17 heavy (non-hydrogen) atoms. The molecule has 0 bridgehead atoms. The van der Waals surface area contributed by atoms with E-state index >= 15 is 0 Å². The lowest BCUT2D eigenvalue weighted by atomic mass is 10.1. The minimum Gasteiger partial charge on any atom is -0.338 e. The second-order valence-corrected chi connectivity index (χ2v) is 6.18. The largest absolute Gasteiger partial charge is 0.338 e. The van der Waals surface area contributed by atoms with Gasteiger partial charge in [-0.2, -0.15) is 4.98 Å². The zero-order chi connectivity index (χ0) is 12.3. The predicted molar refractivity (Wildman–Crippen MR) is 60.8 cm³/mol. The molecular formula is C10H13N3O3S. The normalized spacial score (nSPS) is 22.4. The summed E-state index contributed by atoms with van der Waals surface area (Å²) in [6.45, 7) is 0.826. The van der Waals surface area contributed by atoms with Crippen LogP contribution in [0.2, 0.25) is 0 Å². The highest BCUT2D eigenvalue weighted by Gasteiger charge is 2.32. The maximum atomic E-state index is 11.3. The smallest absolute Gasteiger partial charge is 0.240 e. The van der Waals surface area contributed by atoms with E-state index in [0.717, 1.165) is 0 Å². The van der Waals surface area contributed by atoms with E-state index in [1.165, 1.54) is 0 Å². The number of nitrogens with one attached hydrogen (secondary N) is 1. The van der Waals surface area contributed by atoms with Crippen LogP contribution in [0.3, 0.4) is 0 Å².